The maximum absolute atomic E-state index is 14.7. The van der Waals surface area contributed by atoms with Crippen LogP contribution in [0.1, 0.15) is 88.2 Å². The fourth-order valence-corrected chi connectivity index (χ4v) is 9.15. The monoisotopic (exact) mass is 925 g/mol. The summed E-state index contributed by atoms with van der Waals surface area (Å²) in [5, 5.41) is 26.7. The summed E-state index contributed by atoms with van der Waals surface area (Å²) >= 11 is 0. The quantitative estimate of drug-likeness (QED) is 0.0532. The molecule has 1 saturated carbocycles. The van der Waals surface area contributed by atoms with Crippen molar-refractivity contribution in [2.24, 2.45) is 22.4 Å². The minimum Gasteiger partial charge on any atom is -0.481 e. The average molecular weight is 926 g/mol. The lowest BCUT2D eigenvalue weighted by atomic mass is 9.84. The highest BCUT2D eigenvalue weighted by Crippen LogP contribution is 2.28. The molecule has 0 bridgehead atoms. The summed E-state index contributed by atoms with van der Waals surface area (Å²) in [6.07, 6.45) is 6.85. The zero-order valence-electron chi connectivity index (χ0n) is 37.6. The van der Waals surface area contributed by atoms with Gasteiger partial charge < -0.3 is 58.4 Å². The minimum atomic E-state index is -1.49. The van der Waals surface area contributed by atoms with Crippen LogP contribution in [0.3, 0.4) is 0 Å². The number of guanidine groups is 1. The number of carboxylic acid groups (broad SMARTS) is 1. The van der Waals surface area contributed by atoms with Gasteiger partial charge in [0.2, 0.25) is 41.4 Å². The molecule has 0 radical (unpaired) electrons. The van der Waals surface area contributed by atoms with Gasteiger partial charge in [0.05, 0.1) is 6.42 Å². The Morgan fingerprint density at radius 2 is 1.51 bits per heavy atom. The molecule has 2 saturated heterocycles. The Morgan fingerprint density at radius 1 is 0.806 bits per heavy atom. The maximum Gasteiger partial charge on any atom is 0.303 e. The van der Waals surface area contributed by atoms with Crippen molar-refractivity contribution < 1.29 is 43.5 Å². The van der Waals surface area contributed by atoms with E-state index in [1.165, 1.54) is 4.90 Å². The number of para-hydroxylation sites is 1. The number of rotatable bonds is 16. The molecule has 67 heavy (non-hydrogen) atoms. The molecule has 12 N–H and O–H groups in total. The van der Waals surface area contributed by atoms with E-state index < -0.39 is 103 Å². The first-order chi connectivity index (χ1) is 32.2. The standard InChI is InChI=1S/C47H63N11O9/c48-47(49)50-21-9-17-33-41(62)52-27-37(57-42(63)34(23-28-11-3-1-4-12-28)53-39(59)19-20-40(60)61)46(67)58-22-10-18-38(58)45(66)56-35(24-29-13-5-2-6-14-29)43(64)55-36(44(65)54-33)25-30-26-51-32-16-8-7-15-31(30)32/h1,3-4,7-8,11-12,15-16,26,29,33-38,51H,2,5-6,9-10,13-14,17-25,27H2,(H,52,62)(H,53,59)(H,54,65)(H,55,64)(H,56,66)(H,57,63)(H,60,61)(H4,48,49,50)/t33-,34-,35+,36-,37?,38?/m0/s1. The van der Waals surface area contributed by atoms with Crippen molar-refractivity contribution in [3.63, 3.8) is 0 Å². The Labute approximate surface area is 388 Å². The Kier molecular flexibility index (Phi) is 17.7. The zero-order chi connectivity index (χ0) is 47.9. The van der Waals surface area contributed by atoms with E-state index in [0.717, 1.165) is 48.6 Å². The van der Waals surface area contributed by atoms with Crippen LogP contribution in [0.2, 0.25) is 0 Å². The van der Waals surface area contributed by atoms with Crippen molar-refractivity contribution in [2.45, 2.75) is 126 Å². The summed E-state index contributed by atoms with van der Waals surface area (Å²) in [5.74, 6) is -6.02. The van der Waals surface area contributed by atoms with Gasteiger partial charge in [0, 0.05) is 56.0 Å². The van der Waals surface area contributed by atoms with Crippen molar-refractivity contribution in [3.05, 3.63) is 71.9 Å². The van der Waals surface area contributed by atoms with Gasteiger partial charge in [0.25, 0.3) is 0 Å². The van der Waals surface area contributed by atoms with Crippen LogP contribution in [0.15, 0.2) is 65.8 Å². The third-order valence-electron chi connectivity index (χ3n) is 12.7. The summed E-state index contributed by atoms with van der Waals surface area (Å²) in [6.45, 7) is -0.236. The van der Waals surface area contributed by atoms with E-state index in [2.05, 4.69) is 41.9 Å². The van der Waals surface area contributed by atoms with Crippen LogP contribution in [0.4, 0.5) is 0 Å². The Hall–Kier alpha value is -6.99. The van der Waals surface area contributed by atoms with Gasteiger partial charge in [0.1, 0.15) is 36.3 Å². The average Bonchev–Trinajstić information content (AvgIpc) is 3.98. The first kappa shape index (κ1) is 49.4. The number of hydrogen-bond acceptors (Lipinski definition) is 9. The second kappa shape index (κ2) is 24.0. The molecule has 6 atom stereocenters. The third kappa shape index (κ3) is 14.3. The molecular formula is C47H63N11O9. The molecule has 2 aliphatic heterocycles. The van der Waals surface area contributed by atoms with Crippen LogP contribution in [-0.2, 0) is 51.2 Å². The minimum absolute atomic E-state index is 0.0262. The molecule has 3 fully saturated rings. The van der Waals surface area contributed by atoms with E-state index in [1.54, 1.807) is 36.5 Å². The molecule has 7 amide bonds. The van der Waals surface area contributed by atoms with Crippen molar-refractivity contribution in [1.29, 1.82) is 0 Å². The van der Waals surface area contributed by atoms with Gasteiger partial charge >= 0.3 is 5.97 Å². The van der Waals surface area contributed by atoms with Crippen LogP contribution >= 0.6 is 0 Å². The molecule has 0 spiro atoms. The first-order valence-corrected chi connectivity index (χ1v) is 23.2. The SMILES string of the molecule is NC(N)=NCCC[C@@H]1NC(=O)[C@H](Cc2c[nH]c3ccccc23)NC(=O)[C@@H](CC2CCCCC2)NC(=O)C2CCCN2C(=O)C(NC(=O)[C@H](Cc2ccccc2)NC(=O)CCC(=O)O)CNC1=O. The number of carbonyl (C=O) groups excluding carboxylic acids is 7. The number of nitrogens with zero attached hydrogens (tertiary/aromatic N) is 2. The number of H-pyrrole nitrogens is 1. The third-order valence-corrected chi connectivity index (χ3v) is 12.7. The number of aromatic nitrogens is 1. The second-order valence-corrected chi connectivity index (χ2v) is 17.6. The Balaban J connectivity index is 1.35. The predicted octanol–water partition coefficient (Wildman–Crippen LogP) is 0.387. The number of nitrogens with one attached hydrogen (secondary N) is 7. The maximum atomic E-state index is 14.7. The van der Waals surface area contributed by atoms with E-state index in [-0.39, 0.29) is 57.1 Å². The van der Waals surface area contributed by atoms with Crippen LogP contribution in [0, 0.1) is 5.92 Å². The van der Waals surface area contributed by atoms with E-state index in [4.69, 9.17) is 11.5 Å². The smallest absolute Gasteiger partial charge is 0.303 e. The topological polar surface area (TPSA) is 312 Å². The Bertz CT molecular complexity index is 2280. The molecule has 1 aliphatic carbocycles. The van der Waals surface area contributed by atoms with E-state index in [1.807, 2.05) is 24.3 Å². The van der Waals surface area contributed by atoms with Gasteiger partial charge in [-0.15, -0.1) is 0 Å². The number of nitrogens with two attached hydrogens (primary N) is 2. The van der Waals surface area contributed by atoms with Crippen molar-refractivity contribution in [2.75, 3.05) is 19.6 Å². The number of carbonyl (C=O) groups is 8. The van der Waals surface area contributed by atoms with Crippen LogP contribution < -0.4 is 43.4 Å². The second-order valence-electron chi connectivity index (χ2n) is 17.6. The van der Waals surface area contributed by atoms with Crippen molar-refractivity contribution in [1.82, 2.24) is 41.8 Å². The summed E-state index contributed by atoms with van der Waals surface area (Å²) in [4.78, 5) is 119. The van der Waals surface area contributed by atoms with Crippen molar-refractivity contribution >= 4 is 64.2 Å². The van der Waals surface area contributed by atoms with Gasteiger partial charge in [-0.25, -0.2) is 0 Å². The summed E-state index contributed by atoms with van der Waals surface area (Å²) in [6, 6.07) is 8.94. The van der Waals surface area contributed by atoms with Gasteiger partial charge in [-0.1, -0.05) is 80.6 Å². The molecule has 1 aromatic heterocycles. The van der Waals surface area contributed by atoms with Gasteiger partial charge in [-0.2, -0.15) is 0 Å². The lowest BCUT2D eigenvalue weighted by Crippen LogP contribution is -2.62. The molecule has 2 aromatic carbocycles. The summed E-state index contributed by atoms with van der Waals surface area (Å²) in [5.41, 5.74) is 13.3. The lowest BCUT2D eigenvalue weighted by molar-refractivity contribution is -0.143. The van der Waals surface area contributed by atoms with E-state index in [9.17, 15) is 43.5 Å². The van der Waals surface area contributed by atoms with Crippen LogP contribution in [0.5, 0.6) is 0 Å². The molecule has 2 unspecified atom stereocenters. The number of amides is 7. The molecule has 360 valence electrons. The van der Waals surface area contributed by atoms with E-state index >= 15 is 0 Å². The molecule has 6 rings (SSSR count). The number of carboxylic acids is 1. The van der Waals surface area contributed by atoms with Gasteiger partial charge in [0.15, 0.2) is 5.96 Å². The Morgan fingerprint density at radius 3 is 2.25 bits per heavy atom. The summed E-state index contributed by atoms with van der Waals surface area (Å²) in [7, 11) is 0. The number of benzene rings is 2. The highest BCUT2D eigenvalue weighted by Gasteiger charge is 2.41. The number of aliphatic carboxylic acids is 1. The highest BCUT2D eigenvalue weighted by molar-refractivity contribution is 5.98. The molecule has 20 heteroatoms. The molecule has 20 nitrogen and oxygen atoms in total. The lowest BCUT2D eigenvalue weighted by Gasteiger charge is -2.33. The molecule has 3 aliphatic rings. The molecular weight excluding hydrogens is 863 g/mol. The van der Waals surface area contributed by atoms with Crippen LogP contribution in [-0.4, -0.2) is 124 Å². The normalized spacial score (nSPS) is 22.7. The summed E-state index contributed by atoms with van der Waals surface area (Å²) < 4.78 is 0. The number of aromatic amines is 1. The highest BCUT2D eigenvalue weighted by atomic mass is 16.4. The van der Waals surface area contributed by atoms with E-state index in [0.29, 0.717) is 18.4 Å². The number of fused-ring (bicyclic) bond motifs is 2. The number of aliphatic imine (C=N–C) groups is 1. The molecule has 3 aromatic rings. The van der Waals surface area contributed by atoms with Gasteiger partial charge in [-0.05, 0) is 55.2 Å². The fraction of sp³-hybridized carbons (Fsp3) is 0.511. The predicted molar refractivity (Wildman–Crippen MR) is 248 cm³/mol. The fourth-order valence-electron chi connectivity index (χ4n) is 9.15. The first-order valence-electron chi connectivity index (χ1n) is 23.2. The number of hydrogen-bond donors (Lipinski definition) is 10. The van der Waals surface area contributed by atoms with Crippen molar-refractivity contribution in [3.8, 4) is 0 Å². The van der Waals surface area contributed by atoms with Crippen LogP contribution in [0.25, 0.3) is 10.9 Å². The molecule has 3 heterocycles. The zero-order valence-corrected chi connectivity index (χ0v) is 37.6. The largest absolute Gasteiger partial charge is 0.481 e. The van der Waals surface area contributed by atoms with Gasteiger partial charge in [-0.3, -0.25) is 43.3 Å².